The summed E-state index contributed by atoms with van der Waals surface area (Å²) in [6.45, 7) is 3.29. The van der Waals surface area contributed by atoms with Crippen LogP contribution in [0.25, 0.3) is 28.1 Å². The van der Waals surface area contributed by atoms with Crippen LogP contribution in [0.4, 0.5) is 0 Å². The molecule has 0 aliphatic carbocycles. The Balaban J connectivity index is 1.55. The van der Waals surface area contributed by atoms with Crippen molar-refractivity contribution in [1.82, 2.24) is 15.0 Å². The van der Waals surface area contributed by atoms with Gasteiger partial charge in [-0.15, -0.1) is 0 Å². The Morgan fingerprint density at radius 1 is 0.735 bits per heavy atom. The van der Waals surface area contributed by atoms with Gasteiger partial charge in [0.15, 0.2) is 23.0 Å². The number of pyridine rings is 1. The molecule has 0 fully saturated rings. The number of rotatable bonds is 19. The van der Waals surface area contributed by atoms with Crippen LogP contribution in [0.5, 0.6) is 34.5 Å². The average Bonchev–Trinajstić information content (AvgIpc) is 3.12. The van der Waals surface area contributed by atoms with Gasteiger partial charge in [-0.2, -0.15) is 0 Å². The minimum absolute atomic E-state index is 0.195. The van der Waals surface area contributed by atoms with Gasteiger partial charge >= 0.3 is 0 Å². The molecule has 0 unspecified atom stereocenters. The first-order chi connectivity index (χ1) is 23.7. The second kappa shape index (κ2) is 17.8. The second-order valence-corrected chi connectivity index (χ2v) is 12.9. The number of sulfonamides is 1. The molecule has 3 aromatic carbocycles. The van der Waals surface area contributed by atoms with Gasteiger partial charge in [-0.3, -0.25) is 4.98 Å². The number of unbranched alkanes of at least 4 members (excludes halogenated alkanes) is 2. The van der Waals surface area contributed by atoms with Crippen molar-refractivity contribution in [3.8, 4) is 45.8 Å². The maximum absolute atomic E-state index is 13.7. The molecular formula is C37H47N3O8S. The molecule has 0 spiro atoms. The summed E-state index contributed by atoms with van der Waals surface area (Å²) in [7, 11) is 5.51. The largest absolute Gasteiger partial charge is 0.493 e. The molecule has 12 heteroatoms. The molecule has 49 heavy (non-hydrogen) atoms. The average molecular weight is 694 g/mol. The van der Waals surface area contributed by atoms with Crippen LogP contribution in [0.2, 0.25) is 0 Å². The third kappa shape index (κ3) is 8.94. The van der Waals surface area contributed by atoms with Crippen LogP contribution in [-0.2, 0) is 16.4 Å². The maximum atomic E-state index is 13.7. The van der Waals surface area contributed by atoms with E-state index >= 15 is 0 Å². The molecule has 0 amide bonds. The highest BCUT2D eigenvalue weighted by molar-refractivity contribution is 7.89. The number of aryl methyl sites for hydroxylation is 1. The minimum Gasteiger partial charge on any atom is -0.493 e. The smallest absolute Gasteiger partial charge is 0.241 e. The first-order valence-corrected chi connectivity index (χ1v) is 17.6. The van der Waals surface area contributed by atoms with E-state index in [-0.39, 0.29) is 11.4 Å². The van der Waals surface area contributed by atoms with E-state index in [4.69, 9.17) is 33.4 Å². The monoisotopic (exact) mass is 693 g/mol. The zero-order valence-electron chi connectivity index (χ0n) is 29.3. The quantitative estimate of drug-likeness (QED) is 0.109. The van der Waals surface area contributed by atoms with Gasteiger partial charge in [0, 0.05) is 41.7 Å². The fourth-order valence-corrected chi connectivity index (χ4v) is 6.83. The number of methoxy groups -OCH3 is 6. The van der Waals surface area contributed by atoms with Crippen molar-refractivity contribution in [2.45, 2.75) is 37.5 Å². The van der Waals surface area contributed by atoms with E-state index in [9.17, 15) is 8.42 Å². The molecule has 0 aliphatic heterocycles. The predicted molar refractivity (Wildman–Crippen MR) is 193 cm³/mol. The summed E-state index contributed by atoms with van der Waals surface area (Å²) in [4.78, 5) is 5.22. The van der Waals surface area contributed by atoms with E-state index in [1.165, 1.54) is 0 Å². The van der Waals surface area contributed by atoms with E-state index in [1.54, 1.807) is 54.8 Å². The van der Waals surface area contributed by atoms with Crippen molar-refractivity contribution < 1.29 is 36.8 Å². The van der Waals surface area contributed by atoms with Crippen LogP contribution in [0.15, 0.2) is 59.5 Å². The SMILES string of the molecule is CCCCCc1cc2c(S(=O)(=O)NCCNCC=Cc3cc(OC)c(OC)c(OC)c3)cccc2c(-c2cc(OC)c(OC)c(OC)c2)n1. The highest BCUT2D eigenvalue weighted by atomic mass is 32.2. The Morgan fingerprint density at radius 3 is 1.92 bits per heavy atom. The van der Waals surface area contributed by atoms with Crippen LogP contribution in [0.3, 0.4) is 0 Å². The summed E-state index contributed by atoms with van der Waals surface area (Å²) in [5.41, 5.74) is 3.05. The Hall–Kier alpha value is -4.52. The van der Waals surface area contributed by atoms with Gasteiger partial charge in [0.25, 0.3) is 0 Å². The van der Waals surface area contributed by atoms with Crippen LogP contribution >= 0.6 is 0 Å². The summed E-state index contributed by atoms with van der Waals surface area (Å²) in [5, 5.41) is 4.55. The normalized spacial score (nSPS) is 11.6. The van der Waals surface area contributed by atoms with E-state index in [2.05, 4.69) is 17.0 Å². The van der Waals surface area contributed by atoms with Gasteiger partial charge in [-0.05, 0) is 54.8 Å². The molecule has 0 bridgehead atoms. The Labute approximate surface area is 289 Å². The Kier molecular flexibility index (Phi) is 13.5. The number of aromatic nitrogens is 1. The number of hydrogen-bond donors (Lipinski definition) is 2. The molecule has 4 aromatic rings. The van der Waals surface area contributed by atoms with Crippen LogP contribution in [-0.4, -0.2) is 75.7 Å². The summed E-state index contributed by atoms with van der Waals surface area (Å²) < 4.78 is 63.2. The highest BCUT2D eigenvalue weighted by Gasteiger charge is 2.22. The van der Waals surface area contributed by atoms with E-state index < -0.39 is 10.0 Å². The molecule has 264 valence electrons. The molecule has 0 saturated heterocycles. The van der Waals surface area contributed by atoms with Gasteiger partial charge in [-0.1, -0.05) is 44.1 Å². The van der Waals surface area contributed by atoms with Gasteiger partial charge in [0.05, 0.1) is 53.2 Å². The van der Waals surface area contributed by atoms with Crippen molar-refractivity contribution >= 4 is 26.9 Å². The lowest BCUT2D eigenvalue weighted by Gasteiger charge is -2.17. The lowest BCUT2D eigenvalue weighted by molar-refractivity contribution is 0.324. The second-order valence-electron chi connectivity index (χ2n) is 11.1. The van der Waals surface area contributed by atoms with Crippen molar-refractivity contribution in [2.24, 2.45) is 0 Å². The fraction of sp³-hybridized carbons (Fsp3) is 0.378. The number of hydrogen-bond acceptors (Lipinski definition) is 10. The summed E-state index contributed by atoms with van der Waals surface area (Å²) >= 11 is 0. The molecule has 2 N–H and O–H groups in total. The standard InChI is InChI=1S/C37H47N3O8S/c1-8-9-10-14-27-24-29-28(35(40-27)26-22-32(45-4)37(48-7)33(23-26)46-5)15-11-16-34(29)49(41,42)39-19-18-38-17-12-13-25-20-30(43-2)36(47-6)31(21-25)44-3/h11-13,15-16,20-24,38-39H,8-10,14,17-19H2,1-7H3. The third-order valence-corrected chi connectivity index (χ3v) is 9.52. The minimum atomic E-state index is -3.87. The van der Waals surface area contributed by atoms with E-state index in [0.717, 1.165) is 42.5 Å². The first-order valence-electron chi connectivity index (χ1n) is 16.1. The van der Waals surface area contributed by atoms with Crippen molar-refractivity contribution in [3.63, 3.8) is 0 Å². The Morgan fingerprint density at radius 2 is 1.35 bits per heavy atom. The number of ether oxygens (including phenoxy) is 6. The zero-order valence-corrected chi connectivity index (χ0v) is 30.2. The topological polar surface area (TPSA) is 126 Å². The van der Waals surface area contributed by atoms with Crippen molar-refractivity contribution in [3.05, 3.63) is 65.9 Å². The van der Waals surface area contributed by atoms with Gasteiger partial charge in [-0.25, -0.2) is 13.1 Å². The molecular weight excluding hydrogens is 646 g/mol. The predicted octanol–water partition coefficient (Wildman–Crippen LogP) is 6.27. The third-order valence-electron chi connectivity index (χ3n) is 8.01. The van der Waals surface area contributed by atoms with Gasteiger partial charge < -0.3 is 33.7 Å². The number of nitrogens with zero attached hydrogens (tertiary/aromatic N) is 1. The molecule has 0 radical (unpaired) electrons. The molecule has 11 nitrogen and oxygen atoms in total. The molecule has 1 heterocycles. The van der Waals surface area contributed by atoms with E-state index in [1.807, 2.05) is 48.6 Å². The van der Waals surface area contributed by atoms with Crippen LogP contribution in [0.1, 0.15) is 37.4 Å². The first kappa shape index (κ1) is 37.3. The summed E-state index contributed by atoms with van der Waals surface area (Å²) in [6.07, 6.45) is 7.64. The van der Waals surface area contributed by atoms with Crippen molar-refractivity contribution in [2.75, 3.05) is 62.3 Å². The van der Waals surface area contributed by atoms with Gasteiger partial charge in [0.1, 0.15) is 0 Å². The number of benzene rings is 3. The summed E-state index contributed by atoms with van der Waals surface area (Å²) in [5.74, 6) is 3.10. The Bertz CT molecular complexity index is 1810. The highest BCUT2D eigenvalue weighted by Crippen LogP contribution is 2.43. The molecule has 0 aliphatic rings. The summed E-state index contributed by atoms with van der Waals surface area (Å²) in [6, 6.07) is 14.5. The van der Waals surface area contributed by atoms with Crippen LogP contribution in [0, 0.1) is 0 Å². The lowest BCUT2D eigenvalue weighted by Crippen LogP contribution is -2.32. The van der Waals surface area contributed by atoms with Crippen molar-refractivity contribution in [1.29, 1.82) is 0 Å². The van der Waals surface area contributed by atoms with E-state index in [0.29, 0.717) is 64.1 Å². The zero-order chi connectivity index (χ0) is 35.4. The van der Waals surface area contributed by atoms with Crippen LogP contribution < -0.4 is 38.5 Å². The molecule has 0 saturated carbocycles. The molecule has 4 rings (SSSR count). The number of fused-ring (bicyclic) bond motifs is 1. The maximum Gasteiger partial charge on any atom is 0.241 e. The molecule has 1 aromatic heterocycles. The van der Waals surface area contributed by atoms with Gasteiger partial charge in [0.2, 0.25) is 21.5 Å². The lowest BCUT2D eigenvalue weighted by atomic mass is 10.0. The molecule has 0 atom stereocenters. The fourth-order valence-electron chi connectivity index (χ4n) is 5.59. The number of nitrogens with one attached hydrogen (secondary N) is 2.